The minimum atomic E-state index is -0.616. The Balaban J connectivity index is 1.89. The summed E-state index contributed by atoms with van der Waals surface area (Å²) in [6, 6.07) is 7.39. The van der Waals surface area contributed by atoms with Crippen molar-refractivity contribution in [3.8, 4) is 0 Å². The highest BCUT2D eigenvalue weighted by atomic mass is 32.1. The molecular formula is C25H29N5O3S. The first-order chi connectivity index (χ1) is 16.4. The molecule has 178 valence electrons. The fourth-order valence-corrected chi connectivity index (χ4v) is 5.29. The normalized spacial score (nSPS) is 15.8. The quantitative estimate of drug-likeness (QED) is 0.487. The monoisotopic (exact) mass is 479 g/mol. The van der Waals surface area contributed by atoms with Gasteiger partial charge >= 0.3 is 5.97 Å². The molecule has 0 N–H and O–H groups in total. The summed E-state index contributed by atoms with van der Waals surface area (Å²) in [6.45, 7) is 10.6. The highest BCUT2D eigenvalue weighted by Gasteiger charge is 2.33. The van der Waals surface area contributed by atoms with Crippen LogP contribution in [-0.2, 0) is 16.1 Å². The Kier molecular flexibility index (Phi) is 6.83. The SMILES string of the molecule is CCN(CC)c1ccc(C2C(C(=O)OC)=C(C)N=c3sc(=Cc4cnn(CC)c4)c(=O)n32)cc1. The zero-order valence-corrected chi connectivity index (χ0v) is 20.9. The molecule has 0 aliphatic carbocycles. The van der Waals surface area contributed by atoms with E-state index in [-0.39, 0.29) is 5.56 Å². The molecule has 0 fully saturated rings. The van der Waals surface area contributed by atoms with Crippen molar-refractivity contribution < 1.29 is 9.53 Å². The van der Waals surface area contributed by atoms with Gasteiger partial charge in [0.15, 0.2) is 4.80 Å². The number of methoxy groups -OCH3 is 1. The molecule has 0 saturated carbocycles. The predicted molar refractivity (Wildman–Crippen MR) is 134 cm³/mol. The maximum absolute atomic E-state index is 13.6. The van der Waals surface area contributed by atoms with Gasteiger partial charge in [0, 0.05) is 37.1 Å². The van der Waals surface area contributed by atoms with Crippen molar-refractivity contribution in [2.24, 2.45) is 4.99 Å². The van der Waals surface area contributed by atoms with Crippen LogP contribution in [0, 0.1) is 0 Å². The number of hydrogen-bond donors (Lipinski definition) is 0. The Morgan fingerprint density at radius 2 is 1.91 bits per heavy atom. The topological polar surface area (TPSA) is 81.7 Å². The first-order valence-electron chi connectivity index (χ1n) is 11.4. The van der Waals surface area contributed by atoms with Crippen molar-refractivity contribution in [3.63, 3.8) is 0 Å². The van der Waals surface area contributed by atoms with Crippen molar-refractivity contribution in [3.05, 3.63) is 78.7 Å². The number of esters is 1. The number of aryl methyl sites for hydroxylation is 1. The molecule has 0 amide bonds. The fraction of sp³-hybridized carbons (Fsp3) is 0.360. The number of thiazole rings is 1. The van der Waals surface area contributed by atoms with Gasteiger partial charge in [-0.1, -0.05) is 23.5 Å². The molecule has 34 heavy (non-hydrogen) atoms. The number of ether oxygens (including phenoxy) is 1. The van der Waals surface area contributed by atoms with Crippen molar-refractivity contribution in [2.75, 3.05) is 25.1 Å². The van der Waals surface area contributed by atoms with Gasteiger partial charge in [-0.15, -0.1) is 0 Å². The number of carbonyl (C=O) groups is 1. The maximum atomic E-state index is 13.6. The lowest BCUT2D eigenvalue weighted by Gasteiger charge is -2.26. The lowest BCUT2D eigenvalue weighted by molar-refractivity contribution is -0.136. The molecule has 4 rings (SSSR count). The molecule has 3 aromatic rings. The molecule has 9 heteroatoms. The van der Waals surface area contributed by atoms with E-state index in [1.807, 2.05) is 48.1 Å². The third-order valence-electron chi connectivity index (χ3n) is 6.04. The molecule has 3 heterocycles. The predicted octanol–water partition coefficient (Wildman–Crippen LogP) is 2.47. The Bertz CT molecular complexity index is 1410. The van der Waals surface area contributed by atoms with Crippen LogP contribution in [0.25, 0.3) is 6.08 Å². The van der Waals surface area contributed by atoms with Gasteiger partial charge in [0.1, 0.15) is 0 Å². The fourth-order valence-electron chi connectivity index (χ4n) is 4.24. The molecule has 0 spiro atoms. The summed E-state index contributed by atoms with van der Waals surface area (Å²) in [4.78, 5) is 33.8. The minimum absolute atomic E-state index is 0.195. The van der Waals surface area contributed by atoms with Crippen molar-refractivity contribution in [1.82, 2.24) is 14.3 Å². The van der Waals surface area contributed by atoms with E-state index >= 15 is 0 Å². The minimum Gasteiger partial charge on any atom is -0.466 e. The van der Waals surface area contributed by atoms with Gasteiger partial charge in [0.25, 0.3) is 5.56 Å². The molecule has 1 aliphatic heterocycles. The molecule has 8 nitrogen and oxygen atoms in total. The first-order valence-corrected chi connectivity index (χ1v) is 12.2. The van der Waals surface area contributed by atoms with Crippen molar-refractivity contribution in [2.45, 2.75) is 40.3 Å². The van der Waals surface area contributed by atoms with Crippen LogP contribution in [0.5, 0.6) is 0 Å². The standard InChI is InChI=1S/C25H29N5O3S/c1-6-28(7-2)19-11-9-18(10-12-19)22-21(24(32)33-5)16(4)27-25-30(22)23(31)20(34-25)13-17-14-26-29(8-3)15-17/h9-15,22H,6-8H2,1-5H3. The molecule has 1 aromatic carbocycles. The average Bonchev–Trinajstić information content (AvgIpc) is 3.43. The molecule has 2 aromatic heterocycles. The second kappa shape index (κ2) is 9.80. The summed E-state index contributed by atoms with van der Waals surface area (Å²) in [6.07, 6.45) is 5.45. The van der Waals surface area contributed by atoms with E-state index in [9.17, 15) is 9.59 Å². The molecule has 0 bridgehead atoms. The summed E-state index contributed by atoms with van der Waals surface area (Å²) in [5.41, 5.74) is 3.49. The van der Waals surface area contributed by atoms with Gasteiger partial charge < -0.3 is 9.64 Å². The number of benzene rings is 1. The summed E-state index contributed by atoms with van der Waals surface area (Å²) in [5.74, 6) is -0.488. The van der Waals surface area contributed by atoms with E-state index in [2.05, 4.69) is 28.8 Å². The summed E-state index contributed by atoms with van der Waals surface area (Å²) in [5, 5.41) is 4.28. The van der Waals surface area contributed by atoms with Gasteiger partial charge in [0.05, 0.1) is 35.2 Å². The number of hydrogen-bond acceptors (Lipinski definition) is 7. The molecule has 1 atom stereocenters. The lowest BCUT2D eigenvalue weighted by Crippen LogP contribution is -2.39. The smallest absolute Gasteiger partial charge is 0.338 e. The van der Waals surface area contributed by atoms with E-state index in [0.29, 0.717) is 20.6 Å². The van der Waals surface area contributed by atoms with Gasteiger partial charge in [-0.25, -0.2) is 9.79 Å². The van der Waals surface area contributed by atoms with Gasteiger partial charge in [0.2, 0.25) is 0 Å². The molecule has 1 unspecified atom stereocenters. The van der Waals surface area contributed by atoms with Gasteiger partial charge in [-0.2, -0.15) is 5.10 Å². The second-order valence-corrected chi connectivity index (χ2v) is 8.98. The number of fused-ring (bicyclic) bond motifs is 1. The number of nitrogens with zero attached hydrogens (tertiary/aromatic N) is 5. The number of aromatic nitrogens is 3. The van der Waals surface area contributed by atoms with Crippen molar-refractivity contribution in [1.29, 1.82) is 0 Å². The number of rotatable bonds is 7. The molecule has 0 saturated heterocycles. The average molecular weight is 480 g/mol. The van der Waals surface area contributed by atoms with Gasteiger partial charge in [-0.05, 0) is 51.5 Å². The van der Waals surface area contributed by atoms with Crippen LogP contribution in [0.4, 0.5) is 5.69 Å². The largest absolute Gasteiger partial charge is 0.466 e. The Hall–Kier alpha value is -3.46. The summed E-state index contributed by atoms with van der Waals surface area (Å²) in [7, 11) is 1.35. The van der Waals surface area contributed by atoms with E-state index in [4.69, 9.17) is 4.74 Å². The molecule has 1 aliphatic rings. The van der Waals surface area contributed by atoms with Gasteiger partial charge in [-0.3, -0.25) is 14.0 Å². The van der Waals surface area contributed by atoms with Crippen LogP contribution in [0.3, 0.4) is 0 Å². The first kappa shape index (κ1) is 23.7. The van der Waals surface area contributed by atoms with Crippen LogP contribution in [0.1, 0.15) is 44.9 Å². The van der Waals surface area contributed by atoms with E-state index in [0.717, 1.165) is 36.4 Å². The molecule has 0 radical (unpaired) electrons. The van der Waals surface area contributed by atoms with Crippen LogP contribution in [0.2, 0.25) is 0 Å². The van der Waals surface area contributed by atoms with Crippen molar-refractivity contribution >= 4 is 29.1 Å². The summed E-state index contributed by atoms with van der Waals surface area (Å²) >= 11 is 1.31. The van der Waals surface area contributed by atoms with Crippen LogP contribution < -0.4 is 19.8 Å². The number of carbonyl (C=O) groups excluding carboxylic acids is 1. The number of allylic oxidation sites excluding steroid dienone is 1. The van der Waals surface area contributed by atoms with E-state index in [1.165, 1.54) is 18.4 Å². The third kappa shape index (κ3) is 4.23. The van der Waals surface area contributed by atoms with Crippen LogP contribution in [-0.4, -0.2) is 40.5 Å². The van der Waals surface area contributed by atoms with Crippen LogP contribution in [0.15, 0.2) is 57.7 Å². The van der Waals surface area contributed by atoms with E-state index < -0.39 is 12.0 Å². The highest BCUT2D eigenvalue weighted by Crippen LogP contribution is 2.31. The van der Waals surface area contributed by atoms with E-state index in [1.54, 1.807) is 17.7 Å². The lowest BCUT2D eigenvalue weighted by atomic mass is 9.95. The third-order valence-corrected chi connectivity index (χ3v) is 7.02. The summed E-state index contributed by atoms with van der Waals surface area (Å²) < 4.78 is 9.04. The Morgan fingerprint density at radius 1 is 1.21 bits per heavy atom. The zero-order valence-electron chi connectivity index (χ0n) is 20.1. The molecular weight excluding hydrogens is 450 g/mol. The zero-order chi connectivity index (χ0) is 24.4. The Morgan fingerprint density at radius 3 is 2.50 bits per heavy atom. The maximum Gasteiger partial charge on any atom is 0.338 e. The van der Waals surface area contributed by atoms with Crippen LogP contribution >= 0.6 is 11.3 Å². The highest BCUT2D eigenvalue weighted by molar-refractivity contribution is 7.07. The Labute approximate surface area is 202 Å². The second-order valence-electron chi connectivity index (χ2n) is 7.97. The number of anilines is 1.